The van der Waals surface area contributed by atoms with E-state index in [2.05, 4.69) is 0 Å². The maximum Gasteiger partial charge on any atom is 0.241 e. The van der Waals surface area contributed by atoms with Crippen molar-refractivity contribution in [3.05, 3.63) is 42.0 Å². The molecule has 6 heteroatoms. The van der Waals surface area contributed by atoms with E-state index >= 15 is 0 Å². The highest BCUT2D eigenvalue weighted by atomic mass is 16.5. The molecule has 2 saturated heterocycles. The Morgan fingerprint density at radius 2 is 1.79 bits per heavy atom. The first-order valence-electron chi connectivity index (χ1n) is 7.83. The molecular weight excluding hydrogens is 310 g/mol. The summed E-state index contributed by atoms with van der Waals surface area (Å²) in [7, 11) is 0. The second-order valence-corrected chi connectivity index (χ2v) is 6.80. The number of ketones is 1. The van der Waals surface area contributed by atoms with E-state index in [-0.39, 0.29) is 24.2 Å². The number of carbonyl (C=O) groups excluding carboxylic acids is 3. The number of imide groups is 1. The van der Waals surface area contributed by atoms with E-state index in [4.69, 9.17) is 4.74 Å². The van der Waals surface area contributed by atoms with Crippen LogP contribution < -0.4 is 4.90 Å². The molecule has 0 aromatic heterocycles. The Hall–Kier alpha value is -2.31. The lowest BCUT2D eigenvalue weighted by Gasteiger charge is -2.27. The van der Waals surface area contributed by atoms with E-state index in [0.717, 1.165) is 4.90 Å². The SMILES string of the molecule is CC(=O)c1ccc(N2C(=O)[C@@H]3[C@@H](C2=O)[C@]2(C)C=C[C@]3(CO)O2)cc1. The third-order valence-corrected chi connectivity index (χ3v) is 5.34. The van der Waals surface area contributed by atoms with Gasteiger partial charge in [-0.3, -0.25) is 14.4 Å². The molecule has 0 spiro atoms. The summed E-state index contributed by atoms with van der Waals surface area (Å²) in [6.07, 6.45) is 3.46. The summed E-state index contributed by atoms with van der Waals surface area (Å²) < 4.78 is 5.87. The average molecular weight is 327 g/mol. The monoisotopic (exact) mass is 327 g/mol. The van der Waals surface area contributed by atoms with Gasteiger partial charge < -0.3 is 9.84 Å². The number of aliphatic hydroxyl groups excluding tert-OH is 1. The second-order valence-electron chi connectivity index (χ2n) is 6.80. The number of aliphatic hydroxyl groups is 1. The van der Waals surface area contributed by atoms with Crippen LogP contribution in [0.2, 0.25) is 0 Å². The Kier molecular flexibility index (Phi) is 2.93. The zero-order chi connectivity index (χ0) is 17.3. The van der Waals surface area contributed by atoms with Gasteiger partial charge in [-0.2, -0.15) is 0 Å². The fourth-order valence-electron chi connectivity index (χ4n) is 4.14. The fourth-order valence-corrected chi connectivity index (χ4v) is 4.14. The van der Waals surface area contributed by atoms with Gasteiger partial charge in [0, 0.05) is 5.56 Å². The smallest absolute Gasteiger partial charge is 0.241 e. The predicted molar refractivity (Wildman–Crippen MR) is 84.4 cm³/mol. The molecule has 0 radical (unpaired) electrons. The molecule has 124 valence electrons. The van der Waals surface area contributed by atoms with Crippen LogP contribution in [0, 0.1) is 11.8 Å². The maximum atomic E-state index is 12.9. The van der Waals surface area contributed by atoms with Crippen molar-refractivity contribution < 1.29 is 24.2 Å². The van der Waals surface area contributed by atoms with Crippen LogP contribution in [0.4, 0.5) is 5.69 Å². The van der Waals surface area contributed by atoms with Gasteiger partial charge in [-0.25, -0.2) is 4.90 Å². The van der Waals surface area contributed by atoms with E-state index in [1.807, 2.05) is 0 Å². The van der Waals surface area contributed by atoms with Crippen LogP contribution in [0.3, 0.4) is 0 Å². The average Bonchev–Trinajstić information content (AvgIpc) is 3.14. The molecule has 3 heterocycles. The normalized spacial score (nSPS) is 36.5. The molecule has 4 rings (SSSR count). The number of hydrogen-bond donors (Lipinski definition) is 1. The van der Waals surface area contributed by atoms with Crippen molar-refractivity contribution in [1.82, 2.24) is 0 Å². The van der Waals surface area contributed by atoms with Gasteiger partial charge in [-0.05, 0) is 38.1 Å². The fraction of sp³-hybridized carbons (Fsp3) is 0.389. The van der Waals surface area contributed by atoms with Crippen molar-refractivity contribution in [2.75, 3.05) is 11.5 Å². The molecule has 3 aliphatic rings. The summed E-state index contributed by atoms with van der Waals surface area (Å²) in [5.74, 6) is -2.16. The topological polar surface area (TPSA) is 83.9 Å². The van der Waals surface area contributed by atoms with E-state index < -0.39 is 23.0 Å². The van der Waals surface area contributed by atoms with Crippen molar-refractivity contribution in [1.29, 1.82) is 0 Å². The minimum absolute atomic E-state index is 0.0834. The summed E-state index contributed by atoms with van der Waals surface area (Å²) in [6, 6.07) is 6.38. The number of benzene rings is 1. The van der Waals surface area contributed by atoms with Gasteiger partial charge in [-0.1, -0.05) is 12.2 Å². The van der Waals surface area contributed by atoms with Crippen molar-refractivity contribution in [3.63, 3.8) is 0 Å². The summed E-state index contributed by atoms with van der Waals surface area (Å²) >= 11 is 0. The lowest BCUT2D eigenvalue weighted by atomic mass is 9.73. The van der Waals surface area contributed by atoms with E-state index in [9.17, 15) is 19.5 Å². The van der Waals surface area contributed by atoms with Crippen LogP contribution in [0.5, 0.6) is 0 Å². The van der Waals surface area contributed by atoms with Gasteiger partial charge in [0.15, 0.2) is 5.78 Å². The van der Waals surface area contributed by atoms with Crippen molar-refractivity contribution in [2.24, 2.45) is 11.8 Å². The van der Waals surface area contributed by atoms with Gasteiger partial charge >= 0.3 is 0 Å². The molecule has 1 N–H and O–H groups in total. The number of ether oxygens (including phenoxy) is 1. The summed E-state index contributed by atoms with van der Waals surface area (Å²) in [5.41, 5.74) is -1.06. The predicted octanol–water partition coefficient (Wildman–Crippen LogP) is 1.08. The summed E-state index contributed by atoms with van der Waals surface area (Å²) in [6.45, 7) is 2.87. The number of Topliss-reactive ketones (excluding diaryl/α,β-unsaturated/α-hetero) is 1. The molecule has 0 aliphatic carbocycles. The first-order chi connectivity index (χ1) is 11.3. The lowest BCUT2D eigenvalue weighted by Crippen LogP contribution is -2.43. The molecule has 2 fully saturated rings. The van der Waals surface area contributed by atoms with Crippen LogP contribution in [-0.2, 0) is 14.3 Å². The molecular formula is C18H17NO5. The number of hydrogen-bond acceptors (Lipinski definition) is 5. The molecule has 0 saturated carbocycles. The number of fused-ring (bicyclic) bond motifs is 5. The zero-order valence-electron chi connectivity index (χ0n) is 13.4. The summed E-state index contributed by atoms with van der Waals surface area (Å²) in [5, 5.41) is 9.77. The molecule has 6 nitrogen and oxygen atoms in total. The Labute approximate surface area is 138 Å². The molecule has 1 aromatic carbocycles. The standard InChI is InChI=1S/C18H17NO5/c1-10(21)11-3-5-12(6-4-11)19-15(22)13-14(16(19)23)18(9-20)8-7-17(13,2)24-18/h3-8,13-14,20H,9H2,1-2H3/t13-,14-,17-,18+/m0/s1. The molecule has 0 unspecified atom stereocenters. The minimum atomic E-state index is -1.12. The molecule has 2 amide bonds. The third-order valence-electron chi connectivity index (χ3n) is 5.34. The molecule has 1 aromatic rings. The molecule has 2 bridgehead atoms. The number of rotatable bonds is 3. The van der Waals surface area contributed by atoms with E-state index in [0.29, 0.717) is 11.3 Å². The van der Waals surface area contributed by atoms with Crippen molar-refractivity contribution >= 4 is 23.3 Å². The molecule has 4 atom stereocenters. The van der Waals surface area contributed by atoms with Crippen molar-refractivity contribution in [3.8, 4) is 0 Å². The maximum absolute atomic E-state index is 12.9. The van der Waals surface area contributed by atoms with Gasteiger partial charge in [0.2, 0.25) is 11.8 Å². The highest BCUT2D eigenvalue weighted by Gasteiger charge is 2.72. The quantitative estimate of drug-likeness (QED) is 0.510. The first-order valence-corrected chi connectivity index (χ1v) is 7.83. The van der Waals surface area contributed by atoms with Crippen molar-refractivity contribution in [2.45, 2.75) is 25.0 Å². The van der Waals surface area contributed by atoms with Crippen LogP contribution in [0.15, 0.2) is 36.4 Å². The van der Waals surface area contributed by atoms with Gasteiger partial charge in [-0.15, -0.1) is 0 Å². The summed E-state index contributed by atoms with van der Waals surface area (Å²) in [4.78, 5) is 38.4. The zero-order valence-corrected chi connectivity index (χ0v) is 13.4. The largest absolute Gasteiger partial charge is 0.393 e. The molecule has 3 aliphatic heterocycles. The second kappa shape index (κ2) is 4.62. The van der Waals surface area contributed by atoms with Gasteiger partial charge in [0.05, 0.1) is 29.7 Å². The Morgan fingerprint density at radius 1 is 1.17 bits per heavy atom. The first kappa shape index (κ1) is 15.2. The van der Waals surface area contributed by atoms with Crippen LogP contribution >= 0.6 is 0 Å². The Morgan fingerprint density at radius 3 is 2.38 bits per heavy atom. The highest BCUT2D eigenvalue weighted by molar-refractivity contribution is 6.23. The van der Waals surface area contributed by atoms with E-state index in [1.165, 1.54) is 6.92 Å². The lowest BCUT2D eigenvalue weighted by molar-refractivity contribution is -0.131. The Balaban J connectivity index is 1.75. The van der Waals surface area contributed by atoms with Gasteiger partial charge in [0.1, 0.15) is 5.60 Å². The number of carbonyl (C=O) groups is 3. The van der Waals surface area contributed by atoms with Gasteiger partial charge in [0.25, 0.3) is 0 Å². The van der Waals surface area contributed by atoms with Crippen LogP contribution in [0.25, 0.3) is 0 Å². The number of amides is 2. The van der Waals surface area contributed by atoms with Crippen LogP contribution in [-0.4, -0.2) is 40.5 Å². The van der Waals surface area contributed by atoms with Crippen LogP contribution in [0.1, 0.15) is 24.2 Å². The highest BCUT2D eigenvalue weighted by Crippen LogP contribution is 2.57. The van der Waals surface area contributed by atoms with E-state index in [1.54, 1.807) is 43.3 Å². The number of nitrogens with zero attached hydrogens (tertiary/aromatic N) is 1. The number of anilines is 1. The minimum Gasteiger partial charge on any atom is -0.393 e. The third kappa shape index (κ3) is 1.70. The molecule has 24 heavy (non-hydrogen) atoms. The Bertz CT molecular complexity index is 798.